The topological polar surface area (TPSA) is 30.0 Å². The van der Waals surface area contributed by atoms with Gasteiger partial charge in [-0.1, -0.05) is 39.7 Å². The molecule has 0 fully saturated rings. The molecule has 20 heavy (non-hydrogen) atoms. The lowest BCUT2D eigenvalue weighted by Crippen LogP contribution is -2.37. The number of nitrogens with zero attached hydrogens (tertiary/aromatic N) is 1. The van der Waals surface area contributed by atoms with Gasteiger partial charge in [0.25, 0.3) is 0 Å². The molecule has 0 N–H and O–H groups in total. The maximum absolute atomic E-state index is 12.8. The van der Waals surface area contributed by atoms with Crippen LogP contribution in [0.5, 0.6) is 0 Å². The van der Waals surface area contributed by atoms with Crippen LogP contribution in [0.1, 0.15) is 35.0 Å². The molecular weight excluding hydrogens is 338 g/mol. The first-order valence-corrected chi connectivity index (χ1v) is 7.64. The smallest absolute Gasteiger partial charge is 0.174 e. The number of aryl methyl sites for hydroxylation is 1. The molecule has 1 aliphatic carbocycles. The van der Waals surface area contributed by atoms with Crippen molar-refractivity contribution >= 4 is 33.3 Å². The van der Waals surface area contributed by atoms with Gasteiger partial charge in [-0.15, -0.1) is 0 Å². The lowest BCUT2D eigenvalue weighted by atomic mass is 9.69. The lowest BCUT2D eigenvalue weighted by molar-refractivity contribution is 0.0874. The number of ketones is 1. The quantitative estimate of drug-likeness (QED) is 0.704. The molecule has 0 radical (unpaired) electrons. The molecule has 1 aliphatic rings. The van der Waals surface area contributed by atoms with Crippen LogP contribution in [-0.4, -0.2) is 10.8 Å². The summed E-state index contributed by atoms with van der Waals surface area (Å²) in [5, 5.41) is 0.448. The average molecular weight is 351 g/mol. The summed E-state index contributed by atoms with van der Waals surface area (Å²) in [6.45, 7) is 2.01. The molecule has 1 aromatic carbocycles. The number of hydrogen-bond donors (Lipinski definition) is 0. The van der Waals surface area contributed by atoms with E-state index in [2.05, 4.69) is 20.9 Å². The third-order valence-corrected chi connectivity index (χ3v) is 4.77. The van der Waals surface area contributed by atoms with E-state index >= 15 is 0 Å². The lowest BCUT2D eigenvalue weighted by Gasteiger charge is -2.33. The van der Waals surface area contributed by atoms with Gasteiger partial charge in [-0.25, -0.2) is 4.98 Å². The van der Waals surface area contributed by atoms with Crippen molar-refractivity contribution in [3.8, 4) is 0 Å². The molecule has 0 saturated carbocycles. The van der Waals surface area contributed by atoms with Crippen molar-refractivity contribution < 1.29 is 4.79 Å². The molecule has 0 saturated heterocycles. The maximum Gasteiger partial charge on any atom is 0.174 e. The highest BCUT2D eigenvalue weighted by molar-refractivity contribution is 9.10. The van der Waals surface area contributed by atoms with Crippen molar-refractivity contribution in [1.82, 2.24) is 4.98 Å². The minimum atomic E-state index is -0.483. The van der Waals surface area contributed by atoms with Gasteiger partial charge < -0.3 is 0 Å². The van der Waals surface area contributed by atoms with Crippen molar-refractivity contribution in [1.29, 1.82) is 0 Å². The fourth-order valence-electron chi connectivity index (χ4n) is 2.74. The average Bonchev–Trinajstić information content (AvgIpc) is 2.44. The molecule has 0 amide bonds. The second-order valence-electron chi connectivity index (χ2n) is 5.30. The number of fused-ring (bicyclic) bond motifs is 1. The number of pyridine rings is 1. The number of carbonyl (C=O) groups is 1. The number of halogens is 2. The van der Waals surface area contributed by atoms with Gasteiger partial charge in [0, 0.05) is 10.0 Å². The Hall–Kier alpha value is -1.19. The normalized spacial score (nSPS) is 21.6. The highest BCUT2D eigenvalue weighted by Crippen LogP contribution is 2.38. The summed E-state index contributed by atoms with van der Waals surface area (Å²) >= 11 is 9.33. The van der Waals surface area contributed by atoms with E-state index in [-0.39, 0.29) is 5.78 Å². The SMILES string of the molecule is CC1(c2ccc(Br)cc2)CCc2nc(Cl)ccc2C1=O. The summed E-state index contributed by atoms with van der Waals surface area (Å²) < 4.78 is 1.02. The standard InChI is InChI=1S/C16H13BrClNO/c1-16(10-2-4-11(17)5-3-10)9-8-13-12(15(16)20)6-7-14(18)19-13/h2-7H,8-9H2,1H3. The Bertz CT molecular complexity index is 683. The Kier molecular flexibility index (Phi) is 3.43. The van der Waals surface area contributed by atoms with E-state index in [1.165, 1.54) is 0 Å². The molecule has 1 atom stereocenters. The van der Waals surface area contributed by atoms with Crippen molar-refractivity contribution in [2.24, 2.45) is 0 Å². The van der Waals surface area contributed by atoms with Crippen LogP contribution in [0.3, 0.4) is 0 Å². The molecular formula is C16H13BrClNO. The van der Waals surface area contributed by atoms with Crippen LogP contribution in [0.25, 0.3) is 0 Å². The van der Waals surface area contributed by atoms with E-state index in [0.29, 0.717) is 10.7 Å². The third-order valence-electron chi connectivity index (χ3n) is 4.03. The molecule has 0 aliphatic heterocycles. The summed E-state index contributed by atoms with van der Waals surface area (Å²) in [5.41, 5.74) is 2.08. The highest BCUT2D eigenvalue weighted by atomic mass is 79.9. The van der Waals surface area contributed by atoms with E-state index in [9.17, 15) is 4.79 Å². The molecule has 2 nitrogen and oxygen atoms in total. The van der Waals surface area contributed by atoms with E-state index in [4.69, 9.17) is 11.6 Å². The zero-order valence-corrected chi connectivity index (χ0v) is 13.3. The molecule has 0 spiro atoms. The molecule has 1 aromatic heterocycles. The molecule has 4 heteroatoms. The van der Waals surface area contributed by atoms with Crippen LogP contribution in [0, 0.1) is 0 Å². The van der Waals surface area contributed by atoms with Gasteiger partial charge in [-0.05, 0) is 49.6 Å². The minimum absolute atomic E-state index is 0.130. The molecule has 2 aromatic rings. The molecule has 1 heterocycles. The Morgan fingerprint density at radius 2 is 1.90 bits per heavy atom. The van der Waals surface area contributed by atoms with Crippen LogP contribution in [0.2, 0.25) is 5.15 Å². The first-order valence-electron chi connectivity index (χ1n) is 6.47. The van der Waals surface area contributed by atoms with Gasteiger partial charge in [0.05, 0.1) is 11.1 Å². The van der Waals surface area contributed by atoms with Gasteiger partial charge in [0.2, 0.25) is 0 Å². The summed E-state index contributed by atoms with van der Waals surface area (Å²) in [6.07, 6.45) is 1.53. The van der Waals surface area contributed by atoms with E-state index in [1.807, 2.05) is 31.2 Å². The summed E-state index contributed by atoms with van der Waals surface area (Å²) in [6, 6.07) is 11.5. The Morgan fingerprint density at radius 1 is 1.20 bits per heavy atom. The number of aromatic nitrogens is 1. The van der Waals surface area contributed by atoms with Crippen molar-refractivity contribution in [3.63, 3.8) is 0 Å². The van der Waals surface area contributed by atoms with Crippen LogP contribution in [0.15, 0.2) is 40.9 Å². The summed E-state index contributed by atoms with van der Waals surface area (Å²) in [5.74, 6) is 0.130. The first kappa shape index (κ1) is 13.8. The Labute approximate surface area is 131 Å². The van der Waals surface area contributed by atoms with Gasteiger partial charge >= 0.3 is 0 Å². The number of hydrogen-bond acceptors (Lipinski definition) is 2. The van der Waals surface area contributed by atoms with Gasteiger partial charge in [-0.2, -0.15) is 0 Å². The van der Waals surface area contributed by atoms with Gasteiger partial charge in [0.1, 0.15) is 5.15 Å². The van der Waals surface area contributed by atoms with Crippen LogP contribution in [0.4, 0.5) is 0 Å². The number of benzene rings is 1. The second-order valence-corrected chi connectivity index (χ2v) is 6.60. The zero-order valence-electron chi connectivity index (χ0n) is 11.0. The molecule has 0 bridgehead atoms. The minimum Gasteiger partial charge on any atom is -0.293 e. The fourth-order valence-corrected chi connectivity index (χ4v) is 3.17. The third kappa shape index (κ3) is 2.19. The van der Waals surface area contributed by atoms with Crippen molar-refractivity contribution in [3.05, 3.63) is 62.8 Å². The number of rotatable bonds is 1. The molecule has 1 unspecified atom stereocenters. The maximum atomic E-state index is 12.8. The number of carbonyl (C=O) groups excluding carboxylic acids is 1. The van der Waals surface area contributed by atoms with Crippen molar-refractivity contribution in [2.75, 3.05) is 0 Å². The Balaban J connectivity index is 2.06. The predicted octanol–water partition coefficient (Wildman–Crippen LogP) is 4.58. The van der Waals surface area contributed by atoms with Crippen molar-refractivity contribution in [2.45, 2.75) is 25.2 Å². The van der Waals surface area contributed by atoms with E-state index in [1.54, 1.807) is 12.1 Å². The van der Waals surface area contributed by atoms with Crippen LogP contribution >= 0.6 is 27.5 Å². The van der Waals surface area contributed by atoms with Gasteiger partial charge in [0.15, 0.2) is 5.78 Å². The van der Waals surface area contributed by atoms with E-state index in [0.717, 1.165) is 28.6 Å². The Morgan fingerprint density at radius 3 is 2.60 bits per heavy atom. The second kappa shape index (κ2) is 4.97. The van der Waals surface area contributed by atoms with Crippen LogP contribution < -0.4 is 0 Å². The largest absolute Gasteiger partial charge is 0.293 e. The summed E-state index contributed by atoms with van der Waals surface area (Å²) in [7, 11) is 0. The number of Topliss-reactive ketones (excluding diaryl/α,β-unsaturated/α-hetero) is 1. The molecule has 3 rings (SSSR count). The first-order chi connectivity index (χ1) is 9.50. The fraction of sp³-hybridized carbons (Fsp3) is 0.250. The highest BCUT2D eigenvalue weighted by Gasteiger charge is 2.40. The summed E-state index contributed by atoms with van der Waals surface area (Å²) in [4.78, 5) is 17.1. The van der Waals surface area contributed by atoms with E-state index < -0.39 is 5.41 Å². The molecule has 102 valence electrons. The monoisotopic (exact) mass is 349 g/mol. The predicted molar refractivity (Wildman–Crippen MR) is 83.4 cm³/mol. The van der Waals surface area contributed by atoms with Gasteiger partial charge in [-0.3, -0.25) is 4.79 Å². The van der Waals surface area contributed by atoms with Crippen LogP contribution in [-0.2, 0) is 11.8 Å². The zero-order chi connectivity index (χ0) is 14.3.